The molecule has 0 atom stereocenters. The first-order chi connectivity index (χ1) is 8.64. The van der Waals surface area contributed by atoms with Crippen LogP contribution in [-0.4, -0.2) is 8.42 Å². The molecule has 5 heteroatoms. The Balaban J connectivity index is 2.50. The van der Waals surface area contributed by atoms with Crippen LogP contribution in [0.3, 0.4) is 0 Å². The number of benzene rings is 1. The average Bonchev–Trinajstić information content (AvgIpc) is 2.89. The maximum Gasteiger partial charge on any atom is 0.216 e. The Bertz CT molecular complexity index is 693. The van der Waals surface area contributed by atoms with Crippen molar-refractivity contribution in [2.24, 2.45) is 0 Å². The first-order valence-corrected chi connectivity index (χ1v) is 7.51. The van der Waals surface area contributed by atoms with E-state index < -0.39 is 9.84 Å². The van der Waals surface area contributed by atoms with Crippen LogP contribution in [0.4, 0.5) is 0 Å². The molecule has 2 aromatic rings. The van der Waals surface area contributed by atoms with E-state index in [1.807, 2.05) is 5.38 Å². The van der Waals surface area contributed by atoms with Gasteiger partial charge in [0.2, 0.25) is 9.84 Å². The van der Waals surface area contributed by atoms with E-state index in [9.17, 15) is 8.42 Å². The van der Waals surface area contributed by atoms with E-state index in [4.69, 9.17) is 5.26 Å². The van der Waals surface area contributed by atoms with Crippen molar-refractivity contribution in [3.8, 4) is 6.07 Å². The number of thiophene rings is 1. The van der Waals surface area contributed by atoms with Gasteiger partial charge in [-0.05, 0) is 40.6 Å². The molecular formula is C13H9NO2S2. The third-order valence-electron chi connectivity index (χ3n) is 2.29. The van der Waals surface area contributed by atoms with Crippen LogP contribution in [0.15, 0.2) is 57.0 Å². The smallest absolute Gasteiger partial charge is 0.216 e. The van der Waals surface area contributed by atoms with Crippen LogP contribution < -0.4 is 0 Å². The van der Waals surface area contributed by atoms with Gasteiger partial charge in [0.15, 0.2) is 0 Å². The van der Waals surface area contributed by atoms with Gasteiger partial charge in [-0.25, -0.2) is 8.42 Å². The summed E-state index contributed by atoms with van der Waals surface area (Å²) < 4.78 is 24.4. The molecular weight excluding hydrogens is 266 g/mol. The molecule has 0 spiro atoms. The molecule has 0 N–H and O–H groups in total. The summed E-state index contributed by atoms with van der Waals surface area (Å²) in [6, 6.07) is 11.5. The lowest BCUT2D eigenvalue weighted by Gasteiger charge is -2.01. The number of sulfone groups is 1. The summed E-state index contributed by atoms with van der Waals surface area (Å²) in [5.41, 5.74) is 0.719. The van der Waals surface area contributed by atoms with Crippen LogP contribution >= 0.6 is 11.3 Å². The first-order valence-electron chi connectivity index (χ1n) is 5.09. The second-order valence-electron chi connectivity index (χ2n) is 3.49. The highest BCUT2D eigenvalue weighted by atomic mass is 32.2. The highest BCUT2D eigenvalue weighted by Gasteiger charge is 2.20. The molecule has 0 unspecified atom stereocenters. The van der Waals surface area contributed by atoms with E-state index in [1.165, 1.54) is 29.5 Å². The molecule has 0 saturated carbocycles. The summed E-state index contributed by atoms with van der Waals surface area (Å²) in [4.78, 5) is -0.111. The second kappa shape index (κ2) is 5.17. The molecule has 0 fully saturated rings. The second-order valence-corrected chi connectivity index (χ2v) is 6.19. The van der Waals surface area contributed by atoms with Crippen molar-refractivity contribution in [1.29, 1.82) is 5.26 Å². The molecule has 0 aliphatic heterocycles. The topological polar surface area (TPSA) is 57.9 Å². The molecule has 0 amide bonds. The van der Waals surface area contributed by atoms with E-state index in [0.29, 0.717) is 0 Å². The van der Waals surface area contributed by atoms with Gasteiger partial charge in [-0.3, -0.25) is 0 Å². The lowest BCUT2D eigenvalue weighted by Crippen LogP contribution is -2.03. The third-order valence-corrected chi connectivity index (χ3v) is 4.68. The molecule has 0 saturated heterocycles. The fourth-order valence-electron chi connectivity index (χ4n) is 1.41. The molecule has 0 aliphatic rings. The molecule has 0 bridgehead atoms. The van der Waals surface area contributed by atoms with Crippen molar-refractivity contribution in [3.05, 3.63) is 57.6 Å². The SMILES string of the molecule is N#CC(=Cc1ccsc1)S(=O)(=O)c1ccccc1. The van der Waals surface area contributed by atoms with Crippen molar-refractivity contribution in [3.63, 3.8) is 0 Å². The summed E-state index contributed by atoms with van der Waals surface area (Å²) in [6.07, 6.45) is 1.39. The Morgan fingerprint density at radius 3 is 2.50 bits per heavy atom. The zero-order valence-corrected chi connectivity index (χ0v) is 10.9. The summed E-state index contributed by atoms with van der Waals surface area (Å²) in [7, 11) is -3.72. The maximum absolute atomic E-state index is 12.2. The van der Waals surface area contributed by atoms with Gasteiger partial charge in [0.05, 0.1) is 4.90 Å². The highest BCUT2D eigenvalue weighted by Crippen LogP contribution is 2.21. The lowest BCUT2D eigenvalue weighted by atomic mass is 10.3. The van der Waals surface area contributed by atoms with Gasteiger partial charge in [0.1, 0.15) is 11.0 Å². The summed E-state index contributed by atoms with van der Waals surface area (Å²) >= 11 is 1.45. The van der Waals surface area contributed by atoms with Crippen LogP contribution in [0.1, 0.15) is 5.56 Å². The summed E-state index contributed by atoms with van der Waals surface area (Å²) in [6.45, 7) is 0. The standard InChI is InChI=1S/C13H9NO2S2/c14-9-13(8-11-6-7-17-10-11)18(15,16)12-4-2-1-3-5-12/h1-8,10H. The Morgan fingerprint density at radius 2 is 1.94 bits per heavy atom. The first kappa shape index (κ1) is 12.6. The number of hydrogen-bond acceptors (Lipinski definition) is 4. The fourth-order valence-corrected chi connectivity index (χ4v) is 3.20. The molecule has 1 aromatic heterocycles. The fraction of sp³-hybridized carbons (Fsp3) is 0. The van der Waals surface area contributed by atoms with Gasteiger partial charge >= 0.3 is 0 Å². The van der Waals surface area contributed by atoms with Gasteiger partial charge in [-0.15, -0.1) is 0 Å². The minimum Gasteiger partial charge on any atom is -0.218 e. The normalized spacial score (nSPS) is 12.1. The quantitative estimate of drug-likeness (QED) is 0.809. The summed E-state index contributed by atoms with van der Waals surface area (Å²) in [5, 5.41) is 12.6. The van der Waals surface area contributed by atoms with E-state index in [2.05, 4.69) is 0 Å². The number of rotatable bonds is 3. The molecule has 18 heavy (non-hydrogen) atoms. The van der Waals surface area contributed by atoms with Gasteiger partial charge in [0.25, 0.3) is 0 Å². The van der Waals surface area contributed by atoms with E-state index in [0.717, 1.165) is 5.56 Å². The van der Waals surface area contributed by atoms with Crippen LogP contribution in [0.25, 0.3) is 6.08 Å². The van der Waals surface area contributed by atoms with E-state index >= 15 is 0 Å². The molecule has 0 aliphatic carbocycles. The van der Waals surface area contributed by atoms with Gasteiger partial charge < -0.3 is 0 Å². The zero-order chi connectivity index (χ0) is 13.0. The maximum atomic E-state index is 12.2. The molecule has 1 heterocycles. The average molecular weight is 275 g/mol. The van der Waals surface area contributed by atoms with Crippen LogP contribution in [0, 0.1) is 11.3 Å². The molecule has 2 rings (SSSR count). The molecule has 3 nitrogen and oxygen atoms in total. The lowest BCUT2D eigenvalue weighted by molar-refractivity contribution is 0.603. The van der Waals surface area contributed by atoms with Crippen molar-refractivity contribution >= 4 is 27.3 Å². The van der Waals surface area contributed by atoms with Crippen LogP contribution in [-0.2, 0) is 9.84 Å². The van der Waals surface area contributed by atoms with Crippen LogP contribution in [0.5, 0.6) is 0 Å². The molecule has 1 aromatic carbocycles. The van der Waals surface area contributed by atoms with E-state index in [-0.39, 0.29) is 9.80 Å². The van der Waals surface area contributed by atoms with Crippen molar-refractivity contribution < 1.29 is 8.42 Å². The monoisotopic (exact) mass is 275 g/mol. The van der Waals surface area contributed by atoms with Crippen molar-refractivity contribution in [2.45, 2.75) is 4.90 Å². The number of nitriles is 1. The van der Waals surface area contributed by atoms with E-state index in [1.54, 1.807) is 35.7 Å². The van der Waals surface area contributed by atoms with Crippen molar-refractivity contribution in [1.82, 2.24) is 0 Å². The minimum atomic E-state index is -3.72. The molecule has 90 valence electrons. The Labute approximate surface area is 110 Å². The summed E-state index contributed by atoms with van der Waals surface area (Å²) in [5.74, 6) is 0. The Morgan fingerprint density at radius 1 is 1.22 bits per heavy atom. The minimum absolute atomic E-state index is 0.132. The van der Waals surface area contributed by atoms with Gasteiger partial charge in [-0.2, -0.15) is 16.6 Å². The largest absolute Gasteiger partial charge is 0.218 e. The highest BCUT2D eigenvalue weighted by molar-refractivity contribution is 7.95. The third kappa shape index (κ3) is 2.50. The predicted octanol–water partition coefficient (Wildman–Crippen LogP) is 3.09. The van der Waals surface area contributed by atoms with Gasteiger partial charge in [0, 0.05) is 0 Å². The van der Waals surface area contributed by atoms with Crippen molar-refractivity contribution in [2.75, 3.05) is 0 Å². The number of nitrogens with zero attached hydrogens (tertiary/aromatic N) is 1. The van der Waals surface area contributed by atoms with Crippen LogP contribution in [0.2, 0.25) is 0 Å². The zero-order valence-electron chi connectivity index (χ0n) is 9.28. The Kier molecular flexibility index (Phi) is 3.60. The predicted molar refractivity (Wildman–Crippen MR) is 71.5 cm³/mol. The molecule has 0 radical (unpaired) electrons. The number of allylic oxidation sites excluding steroid dienone is 1. The Hall–Kier alpha value is -1.90. The van der Waals surface area contributed by atoms with Gasteiger partial charge in [-0.1, -0.05) is 18.2 Å². The number of hydrogen-bond donors (Lipinski definition) is 0.